The fraction of sp³-hybridized carbons (Fsp3) is 0.136. The van der Waals surface area contributed by atoms with E-state index in [4.69, 9.17) is 18.9 Å². The SMILES string of the molecule is COc1ccc(Cc2ccc(OC)cc2)cc1.[CH]1C=C1Cc1cccc(COc2cccc(-c3ccc(COc4ccccc4)cn3)c2)c1.[HH]. The van der Waals surface area contributed by atoms with Crippen molar-refractivity contribution >= 4 is 0 Å². The number of ether oxygens (including phenoxy) is 4. The van der Waals surface area contributed by atoms with Crippen LogP contribution in [0.3, 0.4) is 0 Å². The van der Waals surface area contributed by atoms with E-state index in [2.05, 4.69) is 78.1 Å². The molecule has 0 fully saturated rings. The van der Waals surface area contributed by atoms with Crippen molar-refractivity contribution in [1.29, 1.82) is 0 Å². The van der Waals surface area contributed by atoms with Crippen molar-refractivity contribution in [3.05, 3.63) is 192 Å². The van der Waals surface area contributed by atoms with E-state index in [1.54, 1.807) is 14.2 Å². The van der Waals surface area contributed by atoms with Gasteiger partial charge in [-0.3, -0.25) is 4.98 Å². The van der Waals surface area contributed by atoms with E-state index < -0.39 is 0 Å². The second-order valence-electron chi connectivity index (χ2n) is 11.7. The molecular formula is C44H42NO4. The molecule has 5 heteroatoms. The molecule has 1 aromatic heterocycles. The minimum absolute atomic E-state index is 0. The van der Waals surface area contributed by atoms with E-state index in [1.165, 1.54) is 27.8 Å². The maximum atomic E-state index is 6.07. The van der Waals surface area contributed by atoms with Gasteiger partial charge >= 0.3 is 0 Å². The van der Waals surface area contributed by atoms with Gasteiger partial charge in [-0.2, -0.15) is 0 Å². The molecule has 1 aliphatic carbocycles. The number of aromatic nitrogens is 1. The highest BCUT2D eigenvalue weighted by molar-refractivity contribution is 5.61. The molecule has 0 spiro atoms. The third-order valence-electron chi connectivity index (χ3n) is 8.04. The lowest BCUT2D eigenvalue weighted by molar-refractivity contribution is 0.305. The quantitative estimate of drug-likeness (QED) is 0.125. The second kappa shape index (κ2) is 16.8. The lowest BCUT2D eigenvalue weighted by Crippen LogP contribution is -1.98. The average molecular weight is 649 g/mol. The van der Waals surface area contributed by atoms with Crippen molar-refractivity contribution in [3.8, 4) is 34.3 Å². The Bertz CT molecular complexity index is 1900. The summed E-state index contributed by atoms with van der Waals surface area (Å²) in [6, 6.07) is 46.8. The zero-order valence-electron chi connectivity index (χ0n) is 27.9. The number of benzene rings is 5. The van der Waals surface area contributed by atoms with Gasteiger partial charge in [-0.05, 0) is 89.7 Å². The smallest absolute Gasteiger partial charge is 0.120 e. The first kappa shape index (κ1) is 33.1. The number of nitrogens with zero attached hydrogens (tertiary/aromatic N) is 1. The van der Waals surface area contributed by atoms with E-state index in [1.807, 2.05) is 85.1 Å². The molecule has 7 rings (SSSR count). The van der Waals surface area contributed by atoms with Crippen molar-refractivity contribution in [2.75, 3.05) is 14.2 Å². The van der Waals surface area contributed by atoms with E-state index in [0.29, 0.717) is 13.2 Å². The van der Waals surface area contributed by atoms with Crippen LogP contribution >= 0.6 is 0 Å². The summed E-state index contributed by atoms with van der Waals surface area (Å²) in [5, 5.41) is 0. The number of methoxy groups -OCH3 is 2. The highest BCUT2D eigenvalue weighted by Gasteiger charge is 2.09. The molecular weight excluding hydrogens is 606 g/mol. The molecule has 5 aromatic carbocycles. The first-order chi connectivity index (χ1) is 24.1. The molecule has 0 bridgehead atoms. The lowest BCUT2D eigenvalue weighted by atomic mass is 10.0. The van der Waals surface area contributed by atoms with Gasteiger partial charge in [0.25, 0.3) is 0 Å². The zero-order valence-corrected chi connectivity index (χ0v) is 27.9. The van der Waals surface area contributed by atoms with Gasteiger partial charge in [0.05, 0.1) is 19.9 Å². The Labute approximate surface area is 290 Å². The van der Waals surface area contributed by atoms with Crippen LogP contribution in [-0.2, 0) is 26.1 Å². The Morgan fingerprint density at radius 1 is 0.490 bits per heavy atom. The van der Waals surface area contributed by atoms with E-state index >= 15 is 0 Å². The molecule has 1 radical (unpaired) electrons. The van der Waals surface area contributed by atoms with Gasteiger partial charge in [-0.25, -0.2) is 0 Å². The van der Waals surface area contributed by atoms with E-state index in [0.717, 1.165) is 52.7 Å². The zero-order chi connectivity index (χ0) is 33.7. The van der Waals surface area contributed by atoms with Gasteiger partial charge < -0.3 is 18.9 Å². The van der Waals surface area contributed by atoms with E-state index in [-0.39, 0.29) is 1.43 Å². The van der Waals surface area contributed by atoms with Crippen LogP contribution in [0, 0.1) is 6.42 Å². The topological polar surface area (TPSA) is 49.8 Å². The largest absolute Gasteiger partial charge is 0.497 e. The fourth-order valence-electron chi connectivity index (χ4n) is 5.24. The number of hydrogen-bond donors (Lipinski definition) is 0. The number of pyridine rings is 1. The van der Waals surface area contributed by atoms with Crippen LogP contribution in [0.5, 0.6) is 23.0 Å². The third-order valence-corrected chi connectivity index (χ3v) is 8.04. The van der Waals surface area contributed by atoms with Crippen LogP contribution < -0.4 is 18.9 Å². The molecule has 247 valence electrons. The summed E-state index contributed by atoms with van der Waals surface area (Å²) < 4.78 is 22.1. The molecule has 6 aromatic rings. The van der Waals surface area contributed by atoms with Crippen LogP contribution in [0.25, 0.3) is 11.3 Å². The number of allylic oxidation sites excluding steroid dienone is 2. The molecule has 0 saturated heterocycles. The summed E-state index contributed by atoms with van der Waals surface area (Å²) in [6.45, 7) is 1.04. The summed E-state index contributed by atoms with van der Waals surface area (Å²) in [6.07, 6.45) is 8.11. The second-order valence-corrected chi connectivity index (χ2v) is 11.7. The first-order valence-electron chi connectivity index (χ1n) is 16.4. The summed E-state index contributed by atoms with van der Waals surface area (Å²) in [5.74, 6) is 3.48. The third kappa shape index (κ3) is 10.3. The Kier molecular flexibility index (Phi) is 11.4. The molecule has 1 heterocycles. The monoisotopic (exact) mass is 648 g/mol. The van der Waals surface area contributed by atoms with Crippen molar-refractivity contribution in [2.24, 2.45) is 0 Å². The van der Waals surface area contributed by atoms with Gasteiger partial charge in [0.15, 0.2) is 0 Å². The highest BCUT2D eigenvalue weighted by Crippen LogP contribution is 2.25. The number of hydrogen-bond acceptors (Lipinski definition) is 5. The molecule has 0 unspecified atom stereocenters. The summed E-state index contributed by atoms with van der Waals surface area (Å²) in [4.78, 5) is 4.62. The maximum absolute atomic E-state index is 6.07. The first-order valence-corrected chi connectivity index (χ1v) is 16.4. The molecule has 49 heavy (non-hydrogen) atoms. The van der Waals surface area contributed by atoms with Gasteiger partial charge in [-0.1, -0.05) is 96.6 Å². The molecule has 1 aliphatic rings. The summed E-state index contributed by atoms with van der Waals surface area (Å²) in [5.41, 5.74) is 9.42. The molecule has 0 atom stereocenters. The Morgan fingerprint density at radius 2 is 1.08 bits per heavy atom. The van der Waals surface area contributed by atoms with Crippen LogP contribution in [0.4, 0.5) is 0 Å². The van der Waals surface area contributed by atoms with Gasteiger partial charge in [0, 0.05) is 25.2 Å². The van der Waals surface area contributed by atoms with Gasteiger partial charge in [-0.15, -0.1) is 0 Å². The minimum atomic E-state index is 0. The molecule has 0 saturated carbocycles. The molecule has 0 aliphatic heterocycles. The summed E-state index contributed by atoms with van der Waals surface area (Å²) >= 11 is 0. The van der Waals surface area contributed by atoms with E-state index in [9.17, 15) is 0 Å². The standard InChI is InChI=1S/C29H24NO2.C15H16O2.H2/c1-2-9-27(10-3-1)31-21-25-14-15-29(30-19-25)26-8-5-11-28(18-26)32-20-24-7-4-6-23(17-24)16-22-12-13-22;1-16-14-7-3-12(4-8-14)11-13-5-9-15(17-2)10-6-13;/h1-15,17-19H,16,20-21H2;3-10H,11H2,1-2H3;1H. The number of para-hydroxylation sites is 1. The predicted octanol–water partition coefficient (Wildman–Crippen LogP) is 10.1. The minimum Gasteiger partial charge on any atom is -0.497 e. The van der Waals surface area contributed by atoms with Crippen molar-refractivity contribution in [1.82, 2.24) is 4.98 Å². The van der Waals surface area contributed by atoms with Crippen molar-refractivity contribution in [3.63, 3.8) is 0 Å². The van der Waals surface area contributed by atoms with Crippen LogP contribution in [-0.4, -0.2) is 19.2 Å². The Balaban J connectivity index is 0.000000229. The Hall–Kier alpha value is -5.81. The molecule has 0 N–H and O–H groups in total. The number of rotatable bonds is 13. The predicted molar refractivity (Wildman–Crippen MR) is 198 cm³/mol. The van der Waals surface area contributed by atoms with Crippen LogP contribution in [0.1, 0.15) is 29.2 Å². The summed E-state index contributed by atoms with van der Waals surface area (Å²) in [7, 11) is 3.36. The highest BCUT2D eigenvalue weighted by atomic mass is 16.5. The van der Waals surface area contributed by atoms with Gasteiger partial charge in [0.2, 0.25) is 0 Å². The average Bonchev–Trinajstić information content (AvgIpc) is 3.99. The van der Waals surface area contributed by atoms with Crippen molar-refractivity contribution < 1.29 is 20.4 Å². The normalized spacial score (nSPS) is 11.4. The Morgan fingerprint density at radius 3 is 1.71 bits per heavy atom. The maximum Gasteiger partial charge on any atom is 0.120 e. The fourth-order valence-corrected chi connectivity index (χ4v) is 5.24. The van der Waals surface area contributed by atoms with Crippen LogP contribution in [0.2, 0.25) is 0 Å². The van der Waals surface area contributed by atoms with Crippen LogP contribution in [0.15, 0.2) is 157 Å². The molecule has 0 amide bonds. The van der Waals surface area contributed by atoms with Crippen molar-refractivity contribution in [2.45, 2.75) is 26.1 Å². The van der Waals surface area contributed by atoms with Gasteiger partial charge in [0.1, 0.15) is 36.2 Å². The molecule has 5 nitrogen and oxygen atoms in total. The lowest BCUT2D eigenvalue weighted by Gasteiger charge is -2.10.